The van der Waals surface area contributed by atoms with Crippen LogP contribution in [-0.4, -0.2) is 41.8 Å². The van der Waals surface area contributed by atoms with Crippen LogP contribution >= 0.6 is 0 Å². The number of benzene rings is 3. The molecule has 190 valence electrons. The molecule has 3 aromatic heterocycles. The Kier molecular flexibility index (Phi) is 6.56. The standard InChI is InChI=1S/C30H27N5O3/c36-16-17-38-21-33-20-31-26-28(33)32-30-34(19-23-12-6-2-7-13-23)27(24-14-8-3-9-15-24)25(35(30)29(26)37)18-22-10-4-1-5-11-22/h1-15,20,36H,16-19,21H2. The fourth-order valence-electron chi connectivity index (χ4n) is 4.88. The normalized spacial score (nSPS) is 11.5. The molecule has 8 heteroatoms. The van der Waals surface area contributed by atoms with Crippen LogP contribution in [0.4, 0.5) is 0 Å². The molecule has 0 saturated heterocycles. The lowest BCUT2D eigenvalue weighted by Crippen LogP contribution is -2.18. The molecule has 38 heavy (non-hydrogen) atoms. The van der Waals surface area contributed by atoms with E-state index in [2.05, 4.69) is 45.9 Å². The van der Waals surface area contributed by atoms with Crippen LogP contribution in [0.1, 0.15) is 16.8 Å². The van der Waals surface area contributed by atoms with Crippen LogP contribution in [0.3, 0.4) is 0 Å². The van der Waals surface area contributed by atoms with Gasteiger partial charge in [0, 0.05) is 12.0 Å². The van der Waals surface area contributed by atoms with Gasteiger partial charge in [0.25, 0.3) is 5.56 Å². The first-order valence-electron chi connectivity index (χ1n) is 12.6. The number of ether oxygens (including phenoxy) is 1. The lowest BCUT2D eigenvalue weighted by Gasteiger charge is -2.11. The molecule has 0 aliphatic rings. The smallest absolute Gasteiger partial charge is 0.287 e. The molecule has 8 nitrogen and oxygen atoms in total. The van der Waals surface area contributed by atoms with Crippen LogP contribution in [0, 0.1) is 0 Å². The Balaban J connectivity index is 1.66. The van der Waals surface area contributed by atoms with Gasteiger partial charge in [0.2, 0.25) is 5.78 Å². The topological polar surface area (TPSA) is 86.6 Å². The average Bonchev–Trinajstić information content (AvgIpc) is 3.50. The number of nitrogens with zero attached hydrogens (tertiary/aromatic N) is 5. The lowest BCUT2D eigenvalue weighted by atomic mass is 10.0. The molecule has 6 aromatic rings. The van der Waals surface area contributed by atoms with Crippen LogP contribution < -0.4 is 5.56 Å². The third-order valence-electron chi connectivity index (χ3n) is 6.59. The predicted molar refractivity (Wildman–Crippen MR) is 146 cm³/mol. The first-order chi connectivity index (χ1) is 18.7. The highest BCUT2D eigenvalue weighted by Gasteiger charge is 2.24. The zero-order valence-corrected chi connectivity index (χ0v) is 20.8. The summed E-state index contributed by atoms with van der Waals surface area (Å²) >= 11 is 0. The van der Waals surface area contributed by atoms with E-state index in [9.17, 15) is 4.79 Å². The van der Waals surface area contributed by atoms with E-state index in [4.69, 9.17) is 14.8 Å². The van der Waals surface area contributed by atoms with Gasteiger partial charge in [0.05, 0.1) is 37.5 Å². The SMILES string of the molecule is O=c1c2ncn(COCCO)c2nc2n(Cc3ccccc3)c(-c3ccccc3)c(Cc3ccccc3)n12. The minimum Gasteiger partial charge on any atom is -0.394 e. The number of aliphatic hydroxyl groups excluding tert-OH is 1. The van der Waals surface area contributed by atoms with Gasteiger partial charge in [-0.05, 0) is 11.1 Å². The van der Waals surface area contributed by atoms with E-state index in [1.54, 1.807) is 15.3 Å². The van der Waals surface area contributed by atoms with Gasteiger partial charge < -0.3 is 14.4 Å². The molecule has 0 atom stereocenters. The second-order valence-corrected chi connectivity index (χ2v) is 9.10. The van der Waals surface area contributed by atoms with Crippen LogP contribution in [0.5, 0.6) is 0 Å². The summed E-state index contributed by atoms with van der Waals surface area (Å²) in [5, 5.41) is 9.11. The van der Waals surface area contributed by atoms with Gasteiger partial charge in [0.15, 0.2) is 11.2 Å². The molecule has 6 rings (SSSR count). The molecule has 0 aliphatic carbocycles. The van der Waals surface area contributed by atoms with Gasteiger partial charge in [0.1, 0.15) is 6.73 Å². The molecular formula is C30H27N5O3. The van der Waals surface area contributed by atoms with Crippen molar-refractivity contribution in [2.75, 3.05) is 13.2 Å². The number of aliphatic hydroxyl groups is 1. The van der Waals surface area contributed by atoms with Gasteiger partial charge in [-0.3, -0.25) is 9.36 Å². The molecule has 3 heterocycles. The molecule has 0 bridgehead atoms. The first-order valence-corrected chi connectivity index (χ1v) is 12.6. The molecule has 0 amide bonds. The van der Waals surface area contributed by atoms with Crippen molar-refractivity contribution in [1.29, 1.82) is 0 Å². The number of imidazole rings is 2. The third-order valence-corrected chi connectivity index (χ3v) is 6.59. The molecule has 3 aromatic carbocycles. The molecule has 0 radical (unpaired) electrons. The molecule has 0 saturated carbocycles. The van der Waals surface area contributed by atoms with Crippen LogP contribution in [0.2, 0.25) is 0 Å². The Hall–Kier alpha value is -4.53. The van der Waals surface area contributed by atoms with Crippen molar-refractivity contribution in [3.05, 3.63) is 124 Å². The second kappa shape index (κ2) is 10.5. The summed E-state index contributed by atoms with van der Waals surface area (Å²) in [5.74, 6) is 0.542. The van der Waals surface area contributed by atoms with Gasteiger partial charge in [-0.25, -0.2) is 9.38 Å². The molecule has 0 unspecified atom stereocenters. The van der Waals surface area contributed by atoms with E-state index in [1.807, 2.05) is 54.6 Å². The lowest BCUT2D eigenvalue weighted by molar-refractivity contribution is 0.0499. The second-order valence-electron chi connectivity index (χ2n) is 9.10. The predicted octanol–water partition coefficient (Wildman–Crippen LogP) is 4.12. The van der Waals surface area contributed by atoms with Gasteiger partial charge in [-0.15, -0.1) is 0 Å². The summed E-state index contributed by atoms with van der Waals surface area (Å²) in [6.07, 6.45) is 2.11. The number of rotatable bonds is 9. The summed E-state index contributed by atoms with van der Waals surface area (Å²) in [4.78, 5) is 23.5. The van der Waals surface area contributed by atoms with Crippen molar-refractivity contribution in [3.8, 4) is 11.3 Å². The Morgan fingerprint density at radius 3 is 2.18 bits per heavy atom. The van der Waals surface area contributed by atoms with E-state index < -0.39 is 0 Å². The van der Waals surface area contributed by atoms with Gasteiger partial charge in [-0.1, -0.05) is 91.0 Å². The fourth-order valence-corrected chi connectivity index (χ4v) is 4.88. The minimum absolute atomic E-state index is 0.0871. The Morgan fingerprint density at radius 1 is 0.842 bits per heavy atom. The summed E-state index contributed by atoms with van der Waals surface area (Å²) in [5.41, 5.74) is 5.51. The van der Waals surface area contributed by atoms with E-state index in [0.717, 1.165) is 28.1 Å². The highest BCUT2D eigenvalue weighted by molar-refractivity contribution is 5.75. The Bertz CT molecular complexity index is 1740. The van der Waals surface area contributed by atoms with Crippen molar-refractivity contribution in [1.82, 2.24) is 23.5 Å². The number of aromatic nitrogens is 5. The Morgan fingerprint density at radius 2 is 1.50 bits per heavy atom. The molecule has 0 aliphatic heterocycles. The van der Waals surface area contributed by atoms with Crippen LogP contribution in [0.15, 0.2) is 102 Å². The summed E-state index contributed by atoms with van der Waals surface area (Å²) in [6.45, 7) is 0.777. The van der Waals surface area contributed by atoms with Crippen molar-refractivity contribution < 1.29 is 9.84 Å². The van der Waals surface area contributed by atoms with E-state index >= 15 is 0 Å². The zero-order valence-electron chi connectivity index (χ0n) is 20.8. The molecule has 1 N–H and O–H groups in total. The highest BCUT2D eigenvalue weighted by atomic mass is 16.5. The third kappa shape index (κ3) is 4.40. The Labute approximate surface area is 219 Å². The van der Waals surface area contributed by atoms with Crippen molar-refractivity contribution in [2.24, 2.45) is 0 Å². The van der Waals surface area contributed by atoms with Gasteiger partial charge in [-0.2, -0.15) is 4.98 Å². The van der Waals surface area contributed by atoms with Crippen LogP contribution in [0.25, 0.3) is 28.2 Å². The zero-order chi connectivity index (χ0) is 25.9. The summed E-state index contributed by atoms with van der Waals surface area (Å²) < 4.78 is 11.0. The maximum Gasteiger partial charge on any atom is 0.287 e. The minimum atomic E-state index is -0.221. The van der Waals surface area contributed by atoms with E-state index in [0.29, 0.717) is 24.4 Å². The van der Waals surface area contributed by atoms with Crippen molar-refractivity contribution in [3.63, 3.8) is 0 Å². The van der Waals surface area contributed by atoms with Crippen molar-refractivity contribution >= 4 is 16.9 Å². The highest BCUT2D eigenvalue weighted by Crippen LogP contribution is 2.30. The number of hydrogen-bond donors (Lipinski definition) is 1. The molecule has 0 fully saturated rings. The largest absolute Gasteiger partial charge is 0.394 e. The first kappa shape index (κ1) is 23.8. The molecule has 0 spiro atoms. The number of hydrogen-bond acceptors (Lipinski definition) is 5. The summed E-state index contributed by atoms with van der Waals surface area (Å²) in [7, 11) is 0. The molecular weight excluding hydrogens is 478 g/mol. The maximum atomic E-state index is 14.0. The average molecular weight is 506 g/mol. The van der Waals surface area contributed by atoms with Crippen molar-refractivity contribution in [2.45, 2.75) is 19.7 Å². The summed E-state index contributed by atoms with van der Waals surface area (Å²) in [6, 6.07) is 30.4. The van der Waals surface area contributed by atoms with Gasteiger partial charge >= 0.3 is 0 Å². The fraction of sp³-hybridized carbons (Fsp3) is 0.167. The monoisotopic (exact) mass is 505 g/mol. The quantitative estimate of drug-likeness (QED) is 0.299. The number of fused-ring (bicyclic) bond motifs is 2. The van der Waals surface area contributed by atoms with Crippen LogP contribution in [-0.2, 0) is 24.4 Å². The maximum absolute atomic E-state index is 14.0. The van der Waals surface area contributed by atoms with E-state index in [-0.39, 0.29) is 31.0 Å². The van der Waals surface area contributed by atoms with E-state index in [1.165, 1.54) is 0 Å².